The van der Waals surface area contributed by atoms with Gasteiger partial charge in [0.05, 0.1) is 16.8 Å². The van der Waals surface area contributed by atoms with E-state index in [0.717, 1.165) is 18.4 Å². The molecule has 2 amide bonds. The molecule has 128 valence electrons. The van der Waals surface area contributed by atoms with E-state index in [1.807, 2.05) is 42.5 Å². The molecule has 4 nitrogen and oxygen atoms in total. The first-order valence-electron chi connectivity index (χ1n) is 8.55. The molecule has 0 aromatic heterocycles. The quantitative estimate of drug-likeness (QED) is 0.578. The van der Waals surface area contributed by atoms with Crippen LogP contribution in [0.3, 0.4) is 0 Å². The van der Waals surface area contributed by atoms with Gasteiger partial charge in [0.1, 0.15) is 0 Å². The minimum Gasteiger partial charge on any atom is -0.399 e. The number of anilines is 2. The second-order valence-corrected chi connectivity index (χ2v) is 6.37. The fourth-order valence-electron chi connectivity index (χ4n) is 3.34. The van der Waals surface area contributed by atoms with Crippen molar-refractivity contribution in [1.29, 1.82) is 0 Å². The molecule has 0 fully saturated rings. The van der Waals surface area contributed by atoms with Crippen LogP contribution in [0, 0.1) is 0 Å². The number of nitrogen functional groups attached to an aromatic ring is 1. The Balaban J connectivity index is 1.67. The van der Waals surface area contributed by atoms with Crippen molar-refractivity contribution in [1.82, 2.24) is 0 Å². The van der Waals surface area contributed by atoms with E-state index in [4.69, 9.17) is 5.73 Å². The molecule has 1 aliphatic rings. The summed E-state index contributed by atoms with van der Waals surface area (Å²) in [6, 6.07) is 22.6. The van der Waals surface area contributed by atoms with Crippen LogP contribution in [0.4, 0.5) is 11.4 Å². The van der Waals surface area contributed by atoms with Crippen molar-refractivity contribution in [3.63, 3.8) is 0 Å². The average molecular weight is 342 g/mol. The van der Waals surface area contributed by atoms with Gasteiger partial charge in [-0.2, -0.15) is 0 Å². The number of aryl methyl sites for hydroxylation is 2. The van der Waals surface area contributed by atoms with Gasteiger partial charge in [0.15, 0.2) is 0 Å². The molecule has 4 heteroatoms. The number of rotatable bonds is 4. The molecule has 26 heavy (non-hydrogen) atoms. The fraction of sp³-hybridized carbons (Fsp3) is 0.0909. The van der Waals surface area contributed by atoms with E-state index in [1.165, 1.54) is 10.5 Å². The summed E-state index contributed by atoms with van der Waals surface area (Å²) in [6.45, 7) is 0. The van der Waals surface area contributed by atoms with Crippen molar-refractivity contribution in [2.45, 2.75) is 12.8 Å². The number of imide groups is 1. The van der Waals surface area contributed by atoms with Crippen LogP contribution in [0.15, 0.2) is 72.8 Å². The zero-order valence-corrected chi connectivity index (χ0v) is 14.2. The Morgan fingerprint density at radius 2 is 1.42 bits per heavy atom. The normalized spacial score (nSPS) is 13.2. The summed E-state index contributed by atoms with van der Waals surface area (Å²) in [6.07, 6.45) is 1.59. The van der Waals surface area contributed by atoms with Crippen LogP contribution in [-0.2, 0) is 12.8 Å². The third kappa shape index (κ3) is 2.75. The first-order valence-corrected chi connectivity index (χ1v) is 8.55. The molecular formula is C22H18N2O2. The van der Waals surface area contributed by atoms with Gasteiger partial charge in [-0.3, -0.25) is 9.59 Å². The van der Waals surface area contributed by atoms with E-state index in [0.29, 0.717) is 22.5 Å². The van der Waals surface area contributed by atoms with Gasteiger partial charge in [-0.1, -0.05) is 48.5 Å². The maximum Gasteiger partial charge on any atom is 0.266 e. The zero-order chi connectivity index (χ0) is 18.1. The number of carbonyl (C=O) groups is 2. The Labute approximate surface area is 151 Å². The second-order valence-electron chi connectivity index (χ2n) is 6.37. The number of amides is 2. The SMILES string of the molecule is Nc1ccc2c(c1)C(=O)N(c1ccccc1CCc1ccccc1)C2=O. The number of carbonyl (C=O) groups excluding carboxylic acids is 2. The van der Waals surface area contributed by atoms with Crippen LogP contribution in [0.5, 0.6) is 0 Å². The fourth-order valence-corrected chi connectivity index (χ4v) is 3.34. The molecule has 1 heterocycles. The summed E-state index contributed by atoms with van der Waals surface area (Å²) in [5.41, 5.74) is 9.87. The topological polar surface area (TPSA) is 63.4 Å². The Morgan fingerprint density at radius 3 is 2.23 bits per heavy atom. The Kier molecular flexibility index (Phi) is 4.01. The van der Waals surface area contributed by atoms with E-state index in [1.54, 1.807) is 18.2 Å². The number of hydrogen-bond acceptors (Lipinski definition) is 3. The Bertz CT molecular complexity index is 996. The van der Waals surface area contributed by atoms with Crippen LogP contribution >= 0.6 is 0 Å². The summed E-state index contributed by atoms with van der Waals surface area (Å²) in [5, 5.41) is 0. The van der Waals surface area contributed by atoms with Gasteiger partial charge in [-0.05, 0) is 48.2 Å². The van der Waals surface area contributed by atoms with Gasteiger partial charge in [-0.25, -0.2) is 4.90 Å². The number of nitrogens with zero attached hydrogens (tertiary/aromatic N) is 1. The molecule has 3 aromatic rings. The predicted octanol–water partition coefficient (Wildman–Crippen LogP) is 3.85. The highest BCUT2D eigenvalue weighted by Crippen LogP contribution is 2.32. The van der Waals surface area contributed by atoms with Crippen molar-refractivity contribution in [3.8, 4) is 0 Å². The van der Waals surface area contributed by atoms with Crippen LogP contribution < -0.4 is 10.6 Å². The van der Waals surface area contributed by atoms with E-state index < -0.39 is 0 Å². The van der Waals surface area contributed by atoms with Crippen LogP contribution in [0.1, 0.15) is 31.8 Å². The van der Waals surface area contributed by atoms with Crippen molar-refractivity contribution in [2.24, 2.45) is 0 Å². The van der Waals surface area contributed by atoms with Crippen molar-refractivity contribution >= 4 is 23.2 Å². The van der Waals surface area contributed by atoms with Crippen molar-refractivity contribution < 1.29 is 9.59 Å². The van der Waals surface area contributed by atoms with E-state index in [-0.39, 0.29) is 11.8 Å². The summed E-state index contributed by atoms with van der Waals surface area (Å²) >= 11 is 0. The molecule has 1 aliphatic heterocycles. The van der Waals surface area contributed by atoms with E-state index >= 15 is 0 Å². The minimum atomic E-state index is -0.315. The number of benzene rings is 3. The summed E-state index contributed by atoms with van der Waals surface area (Å²) in [4.78, 5) is 26.9. The van der Waals surface area contributed by atoms with Gasteiger partial charge in [0, 0.05) is 5.69 Å². The molecule has 0 bridgehead atoms. The molecule has 0 saturated heterocycles. The largest absolute Gasteiger partial charge is 0.399 e. The average Bonchev–Trinajstić information content (AvgIpc) is 2.91. The van der Waals surface area contributed by atoms with Gasteiger partial charge in [0.2, 0.25) is 0 Å². The molecule has 0 aliphatic carbocycles. The van der Waals surface area contributed by atoms with E-state index in [2.05, 4.69) is 12.1 Å². The third-order valence-electron chi connectivity index (χ3n) is 4.67. The van der Waals surface area contributed by atoms with Crippen LogP contribution in [0.2, 0.25) is 0 Å². The smallest absolute Gasteiger partial charge is 0.266 e. The molecule has 0 unspecified atom stereocenters. The molecule has 0 atom stereocenters. The first kappa shape index (κ1) is 16.1. The lowest BCUT2D eigenvalue weighted by molar-refractivity contribution is 0.0926. The highest BCUT2D eigenvalue weighted by Gasteiger charge is 2.37. The standard InChI is InChI=1S/C22H18N2O2/c23-17-12-13-18-19(14-17)22(26)24(21(18)25)20-9-5-4-8-16(20)11-10-15-6-2-1-3-7-15/h1-9,12-14H,10-11,23H2. The highest BCUT2D eigenvalue weighted by atomic mass is 16.2. The summed E-state index contributed by atoms with van der Waals surface area (Å²) < 4.78 is 0. The molecular weight excluding hydrogens is 324 g/mol. The van der Waals surface area contributed by atoms with Gasteiger partial charge >= 0.3 is 0 Å². The number of para-hydroxylation sites is 1. The Morgan fingerprint density at radius 1 is 0.731 bits per heavy atom. The van der Waals surface area contributed by atoms with Crippen LogP contribution in [-0.4, -0.2) is 11.8 Å². The third-order valence-corrected chi connectivity index (χ3v) is 4.67. The Hall–Kier alpha value is -3.40. The number of hydrogen-bond donors (Lipinski definition) is 1. The summed E-state index contributed by atoms with van der Waals surface area (Å²) in [5.74, 6) is -0.610. The lowest BCUT2D eigenvalue weighted by atomic mass is 10.0. The van der Waals surface area contributed by atoms with Crippen molar-refractivity contribution in [3.05, 3.63) is 95.1 Å². The van der Waals surface area contributed by atoms with Gasteiger partial charge in [-0.15, -0.1) is 0 Å². The van der Waals surface area contributed by atoms with Gasteiger partial charge in [0.25, 0.3) is 11.8 Å². The maximum absolute atomic E-state index is 12.8. The number of fused-ring (bicyclic) bond motifs is 1. The molecule has 0 radical (unpaired) electrons. The minimum absolute atomic E-state index is 0.294. The zero-order valence-electron chi connectivity index (χ0n) is 14.2. The van der Waals surface area contributed by atoms with Gasteiger partial charge < -0.3 is 5.73 Å². The predicted molar refractivity (Wildman–Crippen MR) is 102 cm³/mol. The lowest BCUT2D eigenvalue weighted by Gasteiger charge is -2.18. The summed E-state index contributed by atoms with van der Waals surface area (Å²) in [7, 11) is 0. The molecule has 4 rings (SSSR count). The maximum atomic E-state index is 12.8. The van der Waals surface area contributed by atoms with E-state index in [9.17, 15) is 9.59 Å². The van der Waals surface area contributed by atoms with Crippen LogP contribution in [0.25, 0.3) is 0 Å². The monoisotopic (exact) mass is 342 g/mol. The lowest BCUT2D eigenvalue weighted by Crippen LogP contribution is -2.30. The molecule has 0 spiro atoms. The molecule has 2 N–H and O–H groups in total. The highest BCUT2D eigenvalue weighted by molar-refractivity contribution is 6.34. The molecule has 3 aromatic carbocycles. The number of nitrogens with two attached hydrogens (primary N) is 1. The van der Waals surface area contributed by atoms with Crippen molar-refractivity contribution in [2.75, 3.05) is 10.6 Å². The second kappa shape index (κ2) is 6.48. The molecule has 0 saturated carbocycles. The first-order chi connectivity index (χ1) is 12.6.